The maximum atomic E-state index is 12.0. The number of carbonyl (C=O) groups excluding carboxylic acids is 1. The molecule has 9 heteroatoms. The molecule has 3 rings (SSSR count). The first-order valence-corrected chi connectivity index (χ1v) is 9.01. The molecule has 1 aromatic heterocycles. The molecule has 1 amide bonds. The van der Waals surface area contributed by atoms with Crippen molar-refractivity contribution in [1.82, 2.24) is 15.4 Å². The fraction of sp³-hybridized carbons (Fsp3) is 0.412. The minimum atomic E-state index is -0.161. The number of hydrogen-bond acceptors (Lipinski definition) is 6. The van der Waals surface area contributed by atoms with Crippen LogP contribution in [0.3, 0.4) is 0 Å². The summed E-state index contributed by atoms with van der Waals surface area (Å²) >= 11 is 12.0. The zero-order valence-corrected chi connectivity index (χ0v) is 15.6. The predicted molar refractivity (Wildman–Crippen MR) is 99.1 cm³/mol. The van der Waals surface area contributed by atoms with E-state index in [0.29, 0.717) is 29.0 Å². The number of nitrogens with zero attached hydrogens (tertiary/aromatic N) is 2. The van der Waals surface area contributed by atoms with Crippen molar-refractivity contribution < 1.29 is 14.1 Å². The van der Waals surface area contributed by atoms with Crippen molar-refractivity contribution in [2.45, 2.75) is 19.1 Å². The van der Waals surface area contributed by atoms with Crippen molar-refractivity contribution in [2.24, 2.45) is 0 Å². The van der Waals surface area contributed by atoms with Gasteiger partial charge in [0.25, 0.3) is 0 Å². The highest BCUT2D eigenvalue weighted by atomic mass is 35.5. The number of nitrogens with one attached hydrogen (secondary N) is 1. The number of morpholine rings is 1. The first-order chi connectivity index (χ1) is 12.5. The lowest BCUT2D eigenvalue weighted by atomic mass is 10.2. The molecule has 140 valence electrons. The Bertz CT molecular complexity index is 768. The van der Waals surface area contributed by atoms with Gasteiger partial charge in [-0.2, -0.15) is 0 Å². The van der Waals surface area contributed by atoms with Crippen LogP contribution in [-0.4, -0.2) is 48.3 Å². The van der Waals surface area contributed by atoms with Gasteiger partial charge in [-0.3, -0.25) is 9.69 Å². The third-order valence-electron chi connectivity index (χ3n) is 4.05. The zero-order valence-electron chi connectivity index (χ0n) is 14.1. The van der Waals surface area contributed by atoms with Crippen LogP contribution in [0.2, 0.25) is 10.0 Å². The standard InChI is InChI=1S/C17H20Cl2N4O3/c18-14-2-1-11(5-15(14)19)9-23-3-4-25-13(10-23)8-21-17(24)7-12-6-16(20)22-26-12/h1-2,5-6,13H,3-4,7-10H2,(H2,20,22)(H,21,24)/t13-/m0/s1. The Morgan fingerprint density at radius 2 is 2.19 bits per heavy atom. The van der Waals surface area contributed by atoms with Crippen molar-refractivity contribution in [3.8, 4) is 0 Å². The van der Waals surface area contributed by atoms with Gasteiger partial charge in [-0.25, -0.2) is 0 Å². The van der Waals surface area contributed by atoms with E-state index in [1.807, 2.05) is 12.1 Å². The van der Waals surface area contributed by atoms with Gasteiger partial charge in [0, 0.05) is 32.2 Å². The molecule has 1 aromatic carbocycles. The van der Waals surface area contributed by atoms with Gasteiger partial charge in [0.2, 0.25) is 5.91 Å². The molecular formula is C17H20Cl2N4O3. The minimum Gasteiger partial charge on any atom is -0.381 e. The molecule has 1 aliphatic heterocycles. The van der Waals surface area contributed by atoms with E-state index < -0.39 is 0 Å². The third kappa shape index (κ3) is 5.35. The van der Waals surface area contributed by atoms with Crippen LogP contribution in [0.4, 0.5) is 5.82 Å². The van der Waals surface area contributed by atoms with Crippen LogP contribution in [0.15, 0.2) is 28.8 Å². The molecule has 3 N–H and O–H groups in total. The third-order valence-corrected chi connectivity index (χ3v) is 4.79. The largest absolute Gasteiger partial charge is 0.381 e. The molecule has 1 saturated heterocycles. The summed E-state index contributed by atoms with van der Waals surface area (Å²) in [5, 5.41) is 7.51. The van der Waals surface area contributed by atoms with E-state index in [4.69, 9.17) is 38.2 Å². The quantitative estimate of drug-likeness (QED) is 0.773. The van der Waals surface area contributed by atoms with Crippen molar-refractivity contribution in [3.63, 3.8) is 0 Å². The van der Waals surface area contributed by atoms with E-state index in [1.165, 1.54) is 6.07 Å². The number of nitrogen functional groups attached to an aromatic ring is 1. The Morgan fingerprint density at radius 1 is 1.35 bits per heavy atom. The molecule has 0 unspecified atom stereocenters. The Hall–Kier alpha value is -1.80. The number of aromatic nitrogens is 1. The molecule has 1 atom stereocenters. The summed E-state index contributed by atoms with van der Waals surface area (Å²) in [6, 6.07) is 7.17. The number of anilines is 1. The smallest absolute Gasteiger partial charge is 0.227 e. The van der Waals surface area contributed by atoms with Crippen LogP contribution in [0.25, 0.3) is 0 Å². The maximum absolute atomic E-state index is 12.0. The highest BCUT2D eigenvalue weighted by molar-refractivity contribution is 6.42. The van der Waals surface area contributed by atoms with Crippen molar-refractivity contribution in [2.75, 3.05) is 32.0 Å². The summed E-state index contributed by atoms with van der Waals surface area (Å²) in [4.78, 5) is 14.2. The molecular weight excluding hydrogens is 379 g/mol. The molecule has 26 heavy (non-hydrogen) atoms. The fourth-order valence-electron chi connectivity index (χ4n) is 2.80. The second-order valence-electron chi connectivity index (χ2n) is 6.18. The van der Waals surface area contributed by atoms with Gasteiger partial charge in [0.1, 0.15) is 5.76 Å². The lowest BCUT2D eigenvalue weighted by Gasteiger charge is -2.33. The molecule has 0 spiro atoms. The van der Waals surface area contributed by atoms with Crippen molar-refractivity contribution >= 4 is 34.9 Å². The van der Waals surface area contributed by atoms with E-state index in [1.54, 1.807) is 6.07 Å². The van der Waals surface area contributed by atoms with Crippen LogP contribution >= 0.6 is 23.2 Å². The van der Waals surface area contributed by atoms with Crippen LogP contribution in [0, 0.1) is 0 Å². The van der Waals surface area contributed by atoms with Gasteiger partial charge >= 0.3 is 0 Å². The fourth-order valence-corrected chi connectivity index (χ4v) is 3.13. The van der Waals surface area contributed by atoms with E-state index >= 15 is 0 Å². The molecule has 2 aromatic rings. The van der Waals surface area contributed by atoms with Gasteiger partial charge in [-0.1, -0.05) is 34.4 Å². The monoisotopic (exact) mass is 398 g/mol. The first kappa shape index (κ1) is 19.0. The van der Waals surface area contributed by atoms with Gasteiger partial charge in [-0.15, -0.1) is 0 Å². The normalized spacial score (nSPS) is 18.0. The maximum Gasteiger partial charge on any atom is 0.227 e. The average molecular weight is 399 g/mol. The Kier molecular flexibility index (Phi) is 6.37. The Morgan fingerprint density at radius 3 is 2.92 bits per heavy atom. The minimum absolute atomic E-state index is 0.0738. The molecule has 0 bridgehead atoms. The number of benzene rings is 1. The molecule has 7 nitrogen and oxygen atoms in total. The highest BCUT2D eigenvalue weighted by Crippen LogP contribution is 2.23. The van der Waals surface area contributed by atoms with Crippen molar-refractivity contribution in [1.29, 1.82) is 0 Å². The van der Waals surface area contributed by atoms with Crippen LogP contribution < -0.4 is 11.1 Å². The topological polar surface area (TPSA) is 93.6 Å². The van der Waals surface area contributed by atoms with Gasteiger partial charge in [-0.05, 0) is 17.7 Å². The molecule has 1 aliphatic rings. The van der Waals surface area contributed by atoms with E-state index in [-0.39, 0.29) is 24.2 Å². The number of rotatable bonds is 6. The second-order valence-corrected chi connectivity index (χ2v) is 6.99. The number of amides is 1. The van der Waals surface area contributed by atoms with E-state index in [2.05, 4.69) is 15.4 Å². The molecule has 0 aliphatic carbocycles. The van der Waals surface area contributed by atoms with Crippen LogP contribution in [0.1, 0.15) is 11.3 Å². The van der Waals surface area contributed by atoms with Crippen LogP contribution in [0.5, 0.6) is 0 Å². The number of nitrogens with two attached hydrogens (primary N) is 1. The summed E-state index contributed by atoms with van der Waals surface area (Å²) in [6.07, 6.45) is 0.0273. The van der Waals surface area contributed by atoms with Crippen LogP contribution in [-0.2, 0) is 22.5 Å². The summed E-state index contributed by atoms with van der Waals surface area (Å²) in [5.74, 6) is 0.540. The Balaban J connectivity index is 1.45. The van der Waals surface area contributed by atoms with Crippen molar-refractivity contribution in [3.05, 3.63) is 45.6 Å². The predicted octanol–water partition coefficient (Wildman–Crippen LogP) is 2.12. The first-order valence-electron chi connectivity index (χ1n) is 8.25. The molecule has 0 saturated carbocycles. The highest BCUT2D eigenvalue weighted by Gasteiger charge is 2.21. The summed E-state index contributed by atoms with van der Waals surface area (Å²) < 4.78 is 10.7. The number of carbonyl (C=O) groups is 1. The number of hydrogen-bond donors (Lipinski definition) is 2. The summed E-state index contributed by atoms with van der Waals surface area (Å²) in [7, 11) is 0. The van der Waals surface area contributed by atoms with E-state index in [0.717, 1.165) is 25.2 Å². The van der Waals surface area contributed by atoms with Gasteiger partial charge in [0.05, 0.1) is 29.2 Å². The summed E-state index contributed by atoms with van der Waals surface area (Å²) in [5.41, 5.74) is 6.55. The van der Waals surface area contributed by atoms with E-state index in [9.17, 15) is 4.79 Å². The Labute approximate surface area is 161 Å². The zero-order chi connectivity index (χ0) is 18.5. The number of ether oxygens (including phenoxy) is 1. The lowest BCUT2D eigenvalue weighted by molar-refractivity contribution is -0.122. The summed E-state index contributed by atoms with van der Waals surface area (Å²) in [6.45, 7) is 3.33. The molecule has 1 fully saturated rings. The SMILES string of the molecule is Nc1cc(CC(=O)NC[C@H]2CN(Cc3ccc(Cl)c(Cl)c3)CCO2)on1. The van der Waals surface area contributed by atoms with Gasteiger partial charge in [0.15, 0.2) is 5.82 Å². The average Bonchev–Trinajstić information content (AvgIpc) is 3.01. The molecule has 2 heterocycles. The molecule has 0 radical (unpaired) electrons. The number of halogens is 2. The second kappa shape index (κ2) is 8.73. The lowest BCUT2D eigenvalue weighted by Crippen LogP contribution is -2.47. The van der Waals surface area contributed by atoms with Gasteiger partial charge < -0.3 is 20.3 Å².